The molecule has 0 amide bonds. The van der Waals surface area contributed by atoms with Crippen LogP contribution in [-0.2, 0) is 18.2 Å². The highest BCUT2D eigenvalue weighted by Gasteiger charge is 2.30. The number of hydrogen-bond donors (Lipinski definition) is 2. The van der Waals surface area contributed by atoms with E-state index in [0.717, 1.165) is 77.4 Å². The Hall–Kier alpha value is -3.20. The fourth-order valence-corrected chi connectivity index (χ4v) is 7.02. The van der Waals surface area contributed by atoms with Crippen LogP contribution in [0.4, 0.5) is 28.8 Å². The van der Waals surface area contributed by atoms with Gasteiger partial charge in [0.05, 0.1) is 23.5 Å². The van der Waals surface area contributed by atoms with Crippen molar-refractivity contribution in [1.82, 2.24) is 19.7 Å². The monoisotopic (exact) mass is 635 g/mol. The Morgan fingerprint density at radius 1 is 1.05 bits per heavy atom. The number of nitrogens with one attached hydrogen (secondary N) is 2. The van der Waals surface area contributed by atoms with Gasteiger partial charge in [0.1, 0.15) is 11.6 Å². The number of fused-ring (bicyclic) bond motifs is 3. The van der Waals surface area contributed by atoms with Crippen LogP contribution in [-0.4, -0.2) is 66.0 Å². The maximum absolute atomic E-state index is 5.93. The second kappa shape index (κ2) is 12.0. The van der Waals surface area contributed by atoms with Gasteiger partial charge in [-0.2, -0.15) is 10.1 Å². The lowest BCUT2D eigenvalue weighted by Gasteiger charge is -2.36. The zero-order valence-corrected chi connectivity index (χ0v) is 26.3. The first-order valence-corrected chi connectivity index (χ1v) is 16.9. The first kappa shape index (κ1) is 27.9. The number of anilines is 5. The minimum absolute atomic E-state index is 0.283. The van der Waals surface area contributed by atoms with Crippen LogP contribution in [0.15, 0.2) is 53.3 Å². The first-order valence-electron chi connectivity index (χ1n) is 13.8. The second-order valence-electron chi connectivity index (χ2n) is 10.5. The highest BCUT2D eigenvalue weighted by atomic mass is 79.9. The van der Waals surface area contributed by atoms with E-state index in [2.05, 4.69) is 85.2 Å². The Kier molecular flexibility index (Phi) is 8.15. The van der Waals surface area contributed by atoms with Gasteiger partial charge in [-0.1, -0.05) is 26.1 Å². The Morgan fingerprint density at radius 2 is 1.85 bits per heavy atom. The highest BCUT2D eigenvalue weighted by Crippen LogP contribution is 2.44. The van der Waals surface area contributed by atoms with Crippen LogP contribution in [0.5, 0.6) is 5.75 Å². The molecule has 2 aromatic carbocycles. The molecule has 0 spiro atoms. The SMILES string of the molecule is COc1cc2c(cc1Nc1ncc(Br)c(Nc3ccccc3P(C)C)n1)-c1cnn(C)c1CCN2C1CCOCC1. The molecular formula is C30H35BrN7O2P. The summed E-state index contributed by atoms with van der Waals surface area (Å²) in [5.74, 6) is 1.91. The third-order valence-corrected chi connectivity index (χ3v) is 9.76. The molecule has 1 saturated heterocycles. The van der Waals surface area contributed by atoms with Gasteiger partial charge >= 0.3 is 0 Å². The number of halogens is 1. The van der Waals surface area contributed by atoms with E-state index in [0.29, 0.717) is 17.8 Å². The van der Waals surface area contributed by atoms with Gasteiger partial charge in [0, 0.05) is 79.7 Å². The number of aromatic nitrogens is 4. The Morgan fingerprint density at radius 3 is 2.63 bits per heavy atom. The minimum Gasteiger partial charge on any atom is -0.494 e. The summed E-state index contributed by atoms with van der Waals surface area (Å²) >= 11 is 3.63. The lowest BCUT2D eigenvalue weighted by atomic mass is 10.0. The van der Waals surface area contributed by atoms with Gasteiger partial charge in [-0.15, -0.1) is 0 Å². The van der Waals surface area contributed by atoms with E-state index in [4.69, 9.17) is 14.5 Å². The molecule has 41 heavy (non-hydrogen) atoms. The average Bonchev–Trinajstić information content (AvgIpc) is 3.27. The van der Waals surface area contributed by atoms with Gasteiger partial charge < -0.3 is 25.0 Å². The minimum atomic E-state index is -0.283. The average molecular weight is 637 g/mol. The van der Waals surface area contributed by atoms with Gasteiger partial charge in [0.2, 0.25) is 5.95 Å². The van der Waals surface area contributed by atoms with Crippen molar-refractivity contribution in [2.75, 3.05) is 55.7 Å². The summed E-state index contributed by atoms with van der Waals surface area (Å²) in [6.07, 6.45) is 6.69. The van der Waals surface area contributed by atoms with Crippen LogP contribution >= 0.6 is 23.9 Å². The number of methoxy groups -OCH3 is 1. The Balaban J connectivity index is 1.38. The summed E-state index contributed by atoms with van der Waals surface area (Å²) < 4.78 is 14.4. The lowest BCUT2D eigenvalue weighted by molar-refractivity contribution is 0.0845. The largest absolute Gasteiger partial charge is 0.494 e. The molecule has 0 saturated carbocycles. The zero-order chi connectivity index (χ0) is 28.5. The second-order valence-corrected chi connectivity index (χ2v) is 13.7. The maximum Gasteiger partial charge on any atom is 0.229 e. The fraction of sp³-hybridized carbons (Fsp3) is 0.367. The molecular weight excluding hydrogens is 601 g/mol. The first-order chi connectivity index (χ1) is 19.9. The summed E-state index contributed by atoms with van der Waals surface area (Å²) in [6.45, 7) is 7.01. The van der Waals surface area contributed by atoms with Gasteiger partial charge in [-0.05, 0) is 59.5 Å². The number of rotatable bonds is 7. The Bertz CT molecular complexity index is 1550. The van der Waals surface area contributed by atoms with Crippen molar-refractivity contribution in [3.63, 3.8) is 0 Å². The summed E-state index contributed by atoms with van der Waals surface area (Å²) in [5.41, 5.74) is 6.52. The van der Waals surface area contributed by atoms with E-state index in [1.54, 1.807) is 13.3 Å². The van der Waals surface area contributed by atoms with Crippen molar-refractivity contribution >= 4 is 58.0 Å². The van der Waals surface area contributed by atoms with Crippen molar-refractivity contribution in [2.45, 2.75) is 25.3 Å². The van der Waals surface area contributed by atoms with Crippen molar-refractivity contribution < 1.29 is 9.47 Å². The number of aryl methyl sites for hydroxylation is 1. The molecule has 4 heterocycles. The normalized spacial score (nSPS) is 15.3. The number of ether oxygens (including phenoxy) is 2. The van der Waals surface area contributed by atoms with Crippen LogP contribution in [0.2, 0.25) is 0 Å². The molecule has 2 aromatic heterocycles. The molecule has 9 nitrogen and oxygen atoms in total. The van der Waals surface area contributed by atoms with Gasteiger partial charge in [-0.3, -0.25) is 4.68 Å². The molecule has 214 valence electrons. The third-order valence-electron chi connectivity index (χ3n) is 7.83. The molecule has 4 aromatic rings. The molecule has 2 aliphatic rings. The van der Waals surface area contributed by atoms with Crippen LogP contribution in [0.3, 0.4) is 0 Å². The maximum atomic E-state index is 5.93. The van der Waals surface area contributed by atoms with Crippen LogP contribution in [0.25, 0.3) is 11.1 Å². The van der Waals surface area contributed by atoms with Crippen molar-refractivity contribution in [3.8, 4) is 16.9 Å². The molecule has 6 rings (SSSR count). The van der Waals surface area contributed by atoms with Crippen LogP contribution < -0.4 is 25.6 Å². The molecule has 11 heteroatoms. The molecule has 0 bridgehead atoms. The molecule has 1 fully saturated rings. The van der Waals surface area contributed by atoms with E-state index in [1.807, 2.05) is 24.0 Å². The molecule has 0 unspecified atom stereocenters. The quantitative estimate of drug-likeness (QED) is 0.238. The number of hydrogen-bond acceptors (Lipinski definition) is 8. The zero-order valence-electron chi connectivity index (χ0n) is 23.8. The van der Waals surface area contributed by atoms with Gasteiger partial charge in [-0.25, -0.2) is 4.98 Å². The summed E-state index contributed by atoms with van der Waals surface area (Å²) in [5, 5.41) is 12.9. The summed E-state index contributed by atoms with van der Waals surface area (Å²) in [6, 6.07) is 13.1. The summed E-state index contributed by atoms with van der Waals surface area (Å²) in [7, 11) is 3.45. The smallest absolute Gasteiger partial charge is 0.229 e. The van der Waals surface area contributed by atoms with E-state index in [1.165, 1.54) is 11.0 Å². The number of benzene rings is 2. The highest BCUT2D eigenvalue weighted by molar-refractivity contribution is 9.10. The molecule has 2 aliphatic heterocycles. The topological polar surface area (TPSA) is 89.4 Å². The third kappa shape index (κ3) is 5.65. The van der Waals surface area contributed by atoms with Crippen LogP contribution in [0.1, 0.15) is 18.5 Å². The number of nitrogens with zero attached hydrogens (tertiary/aromatic N) is 5. The van der Waals surface area contributed by atoms with E-state index in [9.17, 15) is 0 Å². The van der Waals surface area contributed by atoms with Crippen LogP contribution in [0, 0.1) is 0 Å². The molecule has 0 aliphatic carbocycles. The lowest BCUT2D eigenvalue weighted by Crippen LogP contribution is -2.40. The number of para-hydroxylation sites is 1. The summed E-state index contributed by atoms with van der Waals surface area (Å²) in [4.78, 5) is 11.9. The van der Waals surface area contributed by atoms with E-state index < -0.39 is 0 Å². The van der Waals surface area contributed by atoms with Gasteiger partial charge in [0.15, 0.2) is 0 Å². The van der Waals surface area contributed by atoms with E-state index in [-0.39, 0.29) is 7.92 Å². The van der Waals surface area contributed by atoms with Crippen molar-refractivity contribution in [3.05, 3.63) is 59.0 Å². The Labute approximate surface area is 250 Å². The van der Waals surface area contributed by atoms with Crippen molar-refractivity contribution in [2.24, 2.45) is 7.05 Å². The van der Waals surface area contributed by atoms with E-state index >= 15 is 0 Å². The van der Waals surface area contributed by atoms with Crippen molar-refractivity contribution in [1.29, 1.82) is 0 Å². The molecule has 0 radical (unpaired) electrons. The fourth-order valence-electron chi connectivity index (χ4n) is 5.73. The predicted molar refractivity (Wildman–Crippen MR) is 171 cm³/mol. The standard InChI is InChI=1S/C30H35BrN7O2P/c1-37-25-9-12-38(19-10-13-40-14-11-19)26-16-27(39-2)24(15-20(26)21(25)17-33-37)35-30-32-18-22(31)29(36-30)34-23-7-5-6-8-28(23)41(3)4/h5-8,15-19H,9-14H2,1-4H3,(H2,32,34,35,36). The van der Waals surface area contributed by atoms with Gasteiger partial charge in [0.25, 0.3) is 0 Å². The molecule has 2 N–H and O–H groups in total. The predicted octanol–water partition coefficient (Wildman–Crippen LogP) is 6.04. The molecule has 0 atom stereocenters.